The maximum atomic E-state index is 13.1. The molecular weight excluding hydrogens is 297 g/mol. The van der Waals surface area contributed by atoms with Gasteiger partial charge in [-0.2, -0.15) is 5.26 Å². The zero-order valence-electron chi connectivity index (χ0n) is 11.4. The lowest BCUT2D eigenvalue weighted by Crippen LogP contribution is -1.81. The summed E-state index contributed by atoms with van der Waals surface area (Å²) in [6, 6.07) is 17.3. The van der Waals surface area contributed by atoms with Crippen LogP contribution in [0.3, 0.4) is 0 Å². The summed E-state index contributed by atoms with van der Waals surface area (Å²) in [6.07, 6.45) is 0.810. The number of thiophene rings is 1. The van der Waals surface area contributed by atoms with Crippen LogP contribution in [0.25, 0.3) is 21.6 Å². The summed E-state index contributed by atoms with van der Waals surface area (Å²) in [7, 11) is 0. The molecule has 106 valence electrons. The number of aldehydes is 1. The fourth-order valence-corrected chi connectivity index (χ4v) is 3.22. The number of halogens is 1. The number of benzene rings is 2. The van der Waals surface area contributed by atoms with Gasteiger partial charge >= 0.3 is 0 Å². The van der Waals surface area contributed by atoms with Crippen molar-refractivity contribution < 1.29 is 9.18 Å². The van der Waals surface area contributed by atoms with Crippen molar-refractivity contribution in [3.05, 3.63) is 70.9 Å². The van der Waals surface area contributed by atoms with Crippen molar-refractivity contribution in [2.24, 2.45) is 0 Å². The second-order valence-electron chi connectivity index (χ2n) is 4.71. The molecule has 3 aromatic rings. The molecule has 0 unspecified atom stereocenters. The van der Waals surface area contributed by atoms with Gasteiger partial charge in [0.15, 0.2) is 6.29 Å². The maximum absolute atomic E-state index is 13.1. The van der Waals surface area contributed by atoms with Crippen LogP contribution in [0, 0.1) is 17.1 Å². The molecule has 0 fully saturated rings. The molecular formula is C18H10FNOS. The van der Waals surface area contributed by atoms with Gasteiger partial charge in [-0.25, -0.2) is 4.39 Å². The minimum Gasteiger partial charge on any atom is -0.297 e. The third-order valence-corrected chi connectivity index (χ3v) is 4.41. The highest BCUT2D eigenvalue weighted by Gasteiger charge is 2.13. The van der Waals surface area contributed by atoms with Gasteiger partial charge in [-0.15, -0.1) is 11.3 Å². The molecule has 0 amide bonds. The number of carbonyl (C=O) groups is 1. The zero-order valence-corrected chi connectivity index (χ0v) is 12.2. The summed E-state index contributed by atoms with van der Waals surface area (Å²) < 4.78 is 13.1. The van der Waals surface area contributed by atoms with Crippen LogP contribution in [0.2, 0.25) is 0 Å². The Balaban J connectivity index is 2.14. The summed E-state index contributed by atoms with van der Waals surface area (Å²) in [6.45, 7) is 0. The highest BCUT2D eigenvalue weighted by Crippen LogP contribution is 2.39. The first-order valence-corrected chi connectivity index (χ1v) is 7.38. The van der Waals surface area contributed by atoms with Gasteiger partial charge < -0.3 is 0 Å². The van der Waals surface area contributed by atoms with Gasteiger partial charge in [-0.1, -0.05) is 24.3 Å². The molecule has 2 aromatic carbocycles. The third-order valence-electron chi connectivity index (χ3n) is 3.30. The van der Waals surface area contributed by atoms with E-state index in [9.17, 15) is 9.18 Å². The van der Waals surface area contributed by atoms with E-state index in [1.54, 1.807) is 24.3 Å². The van der Waals surface area contributed by atoms with Gasteiger partial charge in [0.05, 0.1) is 16.5 Å². The van der Waals surface area contributed by atoms with Crippen LogP contribution in [0.1, 0.15) is 15.2 Å². The molecule has 0 saturated heterocycles. The van der Waals surface area contributed by atoms with E-state index in [0.29, 0.717) is 10.4 Å². The summed E-state index contributed by atoms with van der Waals surface area (Å²) >= 11 is 1.37. The van der Waals surface area contributed by atoms with Crippen molar-refractivity contribution in [2.45, 2.75) is 0 Å². The molecule has 1 heterocycles. The Hall–Kier alpha value is -2.77. The van der Waals surface area contributed by atoms with Gasteiger partial charge in [0.1, 0.15) is 5.82 Å². The number of nitriles is 1. The first-order chi connectivity index (χ1) is 10.7. The Morgan fingerprint density at radius 1 is 1.00 bits per heavy atom. The van der Waals surface area contributed by atoms with Crippen molar-refractivity contribution in [3.8, 4) is 27.6 Å². The van der Waals surface area contributed by atoms with Crippen LogP contribution in [0.4, 0.5) is 4.39 Å². The van der Waals surface area contributed by atoms with E-state index in [1.165, 1.54) is 23.5 Å². The number of rotatable bonds is 3. The molecule has 0 atom stereocenters. The van der Waals surface area contributed by atoms with E-state index in [4.69, 9.17) is 5.26 Å². The first kappa shape index (κ1) is 14.2. The summed E-state index contributed by atoms with van der Waals surface area (Å²) in [5, 5.41) is 8.87. The fraction of sp³-hybridized carbons (Fsp3) is 0. The Morgan fingerprint density at radius 2 is 1.64 bits per heavy atom. The quantitative estimate of drug-likeness (QED) is 0.645. The van der Waals surface area contributed by atoms with Crippen molar-refractivity contribution in [1.29, 1.82) is 5.26 Å². The molecule has 1 aromatic heterocycles. The molecule has 0 bridgehead atoms. The van der Waals surface area contributed by atoms with E-state index in [-0.39, 0.29) is 5.82 Å². The average molecular weight is 307 g/mol. The van der Waals surface area contributed by atoms with Gasteiger partial charge in [0.2, 0.25) is 0 Å². The summed E-state index contributed by atoms with van der Waals surface area (Å²) in [4.78, 5) is 12.6. The van der Waals surface area contributed by atoms with E-state index in [1.807, 2.05) is 18.2 Å². The monoisotopic (exact) mass is 307 g/mol. The molecule has 0 aliphatic heterocycles. The number of nitrogens with zero attached hydrogens (tertiary/aromatic N) is 1. The topological polar surface area (TPSA) is 40.9 Å². The molecule has 0 aliphatic carbocycles. The molecule has 0 radical (unpaired) electrons. The van der Waals surface area contributed by atoms with Crippen LogP contribution in [0.15, 0.2) is 54.6 Å². The first-order valence-electron chi connectivity index (χ1n) is 6.57. The molecule has 0 aliphatic rings. The minimum atomic E-state index is -0.296. The van der Waals surface area contributed by atoms with Gasteiger partial charge in [-0.3, -0.25) is 4.79 Å². The van der Waals surface area contributed by atoms with E-state index < -0.39 is 0 Å². The number of carbonyl (C=O) groups excluding carboxylic acids is 1. The van der Waals surface area contributed by atoms with Crippen LogP contribution in [-0.2, 0) is 0 Å². The molecule has 22 heavy (non-hydrogen) atoms. The van der Waals surface area contributed by atoms with Crippen molar-refractivity contribution >= 4 is 17.6 Å². The molecule has 0 N–H and O–H groups in total. The van der Waals surface area contributed by atoms with Crippen molar-refractivity contribution in [1.82, 2.24) is 0 Å². The van der Waals surface area contributed by atoms with Crippen molar-refractivity contribution in [2.75, 3.05) is 0 Å². The second-order valence-corrected chi connectivity index (χ2v) is 5.79. The zero-order chi connectivity index (χ0) is 15.5. The van der Waals surface area contributed by atoms with Crippen LogP contribution >= 0.6 is 11.3 Å². The van der Waals surface area contributed by atoms with Gasteiger partial charge in [-0.05, 0) is 41.5 Å². The Labute approximate surface area is 131 Å². The van der Waals surface area contributed by atoms with Gasteiger partial charge in [0, 0.05) is 10.4 Å². The Kier molecular flexibility index (Phi) is 3.82. The number of hydrogen-bond acceptors (Lipinski definition) is 3. The predicted octanol–water partition coefficient (Wildman–Crippen LogP) is 4.91. The largest absolute Gasteiger partial charge is 0.297 e. The summed E-state index contributed by atoms with van der Waals surface area (Å²) in [5.74, 6) is -0.296. The minimum absolute atomic E-state index is 0.296. The molecule has 3 rings (SSSR count). The fourth-order valence-electron chi connectivity index (χ4n) is 2.22. The van der Waals surface area contributed by atoms with Crippen molar-refractivity contribution in [3.63, 3.8) is 0 Å². The van der Waals surface area contributed by atoms with Gasteiger partial charge in [0.25, 0.3) is 0 Å². The normalized spacial score (nSPS) is 10.2. The average Bonchev–Trinajstić information content (AvgIpc) is 3.00. The molecule has 0 saturated carbocycles. The van der Waals surface area contributed by atoms with Crippen LogP contribution in [-0.4, -0.2) is 6.29 Å². The highest BCUT2D eigenvalue weighted by molar-refractivity contribution is 7.17. The predicted molar refractivity (Wildman–Crippen MR) is 85.3 cm³/mol. The standard InChI is InChI=1S/C18H10FNOS/c19-15-7-5-14(6-8-15)18-17(9-16(11-21)22-18)13-3-1-12(10-20)2-4-13/h1-9,11H. The third kappa shape index (κ3) is 2.67. The summed E-state index contributed by atoms with van der Waals surface area (Å²) in [5.41, 5.74) is 3.27. The SMILES string of the molecule is N#Cc1ccc(-c2cc(C=O)sc2-c2ccc(F)cc2)cc1. The number of hydrogen-bond donors (Lipinski definition) is 0. The van der Waals surface area contributed by atoms with E-state index in [2.05, 4.69) is 6.07 Å². The molecule has 2 nitrogen and oxygen atoms in total. The highest BCUT2D eigenvalue weighted by atomic mass is 32.1. The smallest absolute Gasteiger partial charge is 0.160 e. The maximum Gasteiger partial charge on any atom is 0.160 e. The van der Waals surface area contributed by atoms with Crippen LogP contribution < -0.4 is 0 Å². The lowest BCUT2D eigenvalue weighted by Gasteiger charge is -2.04. The molecule has 0 spiro atoms. The lowest BCUT2D eigenvalue weighted by molar-refractivity contribution is 0.112. The van der Waals surface area contributed by atoms with E-state index in [0.717, 1.165) is 27.9 Å². The molecule has 4 heteroatoms. The Bertz CT molecular complexity index is 858. The lowest BCUT2D eigenvalue weighted by atomic mass is 10.0. The van der Waals surface area contributed by atoms with Crippen LogP contribution in [0.5, 0.6) is 0 Å². The Morgan fingerprint density at radius 3 is 2.23 bits per heavy atom. The second kappa shape index (κ2) is 5.92. The van der Waals surface area contributed by atoms with E-state index >= 15 is 0 Å².